The monoisotopic (exact) mass is 256 g/mol. The minimum absolute atomic E-state index is 0.332. The van der Waals surface area contributed by atoms with Gasteiger partial charge in [0.25, 0.3) is 0 Å². The van der Waals surface area contributed by atoms with Gasteiger partial charge >= 0.3 is 5.97 Å². The van der Waals surface area contributed by atoms with Gasteiger partial charge in [-0.1, -0.05) is 11.3 Å². The average Bonchev–Trinajstić information content (AvgIpc) is 2.71. The number of nitrogens with zero attached hydrogens (tertiary/aromatic N) is 2. The second-order valence-corrected chi connectivity index (χ2v) is 5.15. The van der Waals surface area contributed by atoms with E-state index in [1.165, 1.54) is 11.3 Å². The van der Waals surface area contributed by atoms with E-state index in [0.29, 0.717) is 16.6 Å². The summed E-state index contributed by atoms with van der Waals surface area (Å²) in [5.74, 6) is -0.897. The van der Waals surface area contributed by atoms with Crippen molar-refractivity contribution in [2.75, 3.05) is 25.2 Å². The molecule has 0 atom stereocenters. The van der Waals surface area contributed by atoms with E-state index in [1.54, 1.807) is 6.92 Å². The van der Waals surface area contributed by atoms with Gasteiger partial charge in [0.2, 0.25) is 0 Å². The lowest BCUT2D eigenvalue weighted by atomic mass is 10.1. The Hall–Kier alpha value is -1.14. The van der Waals surface area contributed by atoms with Crippen LogP contribution in [0.2, 0.25) is 0 Å². The molecule has 1 saturated heterocycles. The smallest absolute Gasteiger partial charge is 0.347 e. The lowest BCUT2D eigenvalue weighted by Crippen LogP contribution is -2.36. The Labute approximate surface area is 104 Å². The van der Waals surface area contributed by atoms with Crippen molar-refractivity contribution in [1.82, 2.24) is 4.98 Å². The van der Waals surface area contributed by atoms with Crippen molar-refractivity contribution in [2.45, 2.75) is 25.8 Å². The third-order valence-electron chi connectivity index (χ3n) is 3.02. The number of hydrogen-bond acceptors (Lipinski definition) is 5. The molecular formula is C11H16N2O3S. The van der Waals surface area contributed by atoms with Crippen LogP contribution in [0, 0.1) is 6.92 Å². The number of rotatable bonds is 3. The summed E-state index contributed by atoms with van der Waals surface area (Å²) in [4.78, 5) is 17.7. The van der Waals surface area contributed by atoms with E-state index < -0.39 is 5.97 Å². The fourth-order valence-corrected chi connectivity index (χ4v) is 2.90. The largest absolute Gasteiger partial charge is 0.477 e. The van der Waals surface area contributed by atoms with Crippen LogP contribution in [0.15, 0.2) is 0 Å². The standard InChI is InChI=1S/C11H16N2O3S/c1-7-9(10(14)15)17-11(12-7)13(2)8-3-5-16-6-4-8/h8H,3-6H2,1-2H3,(H,14,15). The third kappa shape index (κ3) is 2.58. The highest BCUT2D eigenvalue weighted by molar-refractivity contribution is 7.17. The molecule has 0 unspecified atom stereocenters. The molecule has 0 bridgehead atoms. The fraction of sp³-hybridized carbons (Fsp3) is 0.636. The number of thiazole rings is 1. The number of aromatic carboxylic acids is 1. The van der Waals surface area contributed by atoms with Gasteiger partial charge in [-0.25, -0.2) is 9.78 Å². The first-order chi connectivity index (χ1) is 8.09. The minimum atomic E-state index is -0.897. The topological polar surface area (TPSA) is 62.7 Å². The molecule has 1 aliphatic rings. The van der Waals surface area contributed by atoms with Gasteiger partial charge < -0.3 is 14.7 Å². The molecule has 1 aromatic heterocycles. The van der Waals surface area contributed by atoms with Gasteiger partial charge in [-0.15, -0.1) is 0 Å². The number of carbonyl (C=O) groups is 1. The van der Waals surface area contributed by atoms with Crippen molar-refractivity contribution < 1.29 is 14.6 Å². The molecule has 1 aromatic rings. The van der Waals surface area contributed by atoms with E-state index in [0.717, 1.165) is 31.2 Å². The molecule has 0 radical (unpaired) electrons. The lowest BCUT2D eigenvalue weighted by Gasteiger charge is -2.30. The molecule has 2 heterocycles. The van der Waals surface area contributed by atoms with Crippen LogP contribution in [0.25, 0.3) is 0 Å². The van der Waals surface area contributed by atoms with E-state index in [2.05, 4.69) is 9.88 Å². The third-order valence-corrected chi connectivity index (χ3v) is 4.26. The zero-order valence-electron chi connectivity index (χ0n) is 9.97. The molecule has 1 aliphatic heterocycles. The average molecular weight is 256 g/mol. The van der Waals surface area contributed by atoms with Crippen molar-refractivity contribution in [1.29, 1.82) is 0 Å². The van der Waals surface area contributed by atoms with Crippen LogP contribution in [0.5, 0.6) is 0 Å². The number of aryl methyl sites for hydroxylation is 1. The molecule has 1 N–H and O–H groups in total. The molecule has 0 spiro atoms. The molecule has 0 amide bonds. The Kier molecular flexibility index (Phi) is 3.63. The van der Waals surface area contributed by atoms with E-state index in [9.17, 15) is 4.79 Å². The van der Waals surface area contributed by atoms with Crippen LogP contribution in [0.3, 0.4) is 0 Å². The summed E-state index contributed by atoms with van der Waals surface area (Å²) in [6.45, 7) is 3.28. The Bertz CT molecular complexity index is 413. The Morgan fingerprint density at radius 1 is 1.53 bits per heavy atom. The van der Waals surface area contributed by atoms with Crippen molar-refractivity contribution in [2.24, 2.45) is 0 Å². The van der Waals surface area contributed by atoms with E-state index in [4.69, 9.17) is 9.84 Å². The predicted octanol–water partition coefficient (Wildman–Crippen LogP) is 1.76. The molecule has 2 rings (SSSR count). The molecule has 0 aliphatic carbocycles. The molecule has 94 valence electrons. The number of aromatic nitrogens is 1. The number of anilines is 1. The molecule has 6 heteroatoms. The van der Waals surface area contributed by atoms with Crippen LogP contribution in [0.1, 0.15) is 28.2 Å². The van der Waals surface area contributed by atoms with Crippen LogP contribution >= 0.6 is 11.3 Å². The zero-order chi connectivity index (χ0) is 12.4. The molecule has 0 saturated carbocycles. The summed E-state index contributed by atoms with van der Waals surface area (Å²) < 4.78 is 5.32. The van der Waals surface area contributed by atoms with Crippen LogP contribution in [-0.2, 0) is 4.74 Å². The quantitative estimate of drug-likeness (QED) is 0.893. The molecule has 0 aromatic carbocycles. The molecule has 1 fully saturated rings. The van der Waals surface area contributed by atoms with Crippen molar-refractivity contribution in [3.8, 4) is 0 Å². The van der Waals surface area contributed by atoms with Gasteiger partial charge in [-0.2, -0.15) is 0 Å². The summed E-state index contributed by atoms with van der Waals surface area (Å²) in [5.41, 5.74) is 0.594. The second-order valence-electron chi connectivity index (χ2n) is 4.17. The molecular weight excluding hydrogens is 240 g/mol. The summed E-state index contributed by atoms with van der Waals surface area (Å²) in [5, 5.41) is 9.79. The van der Waals surface area contributed by atoms with Gasteiger partial charge in [-0.3, -0.25) is 0 Å². The highest BCUT2D eigenvalue weighted by Gasteiger charge is 2.23. The minimum Gasteiger partial charge on any atom is -0.477 e. The van der Waals surface area contributed by atoms with Crippen LogP contribution < -0.4 is 4.90 Å². The maximum Gasteiger partial charge on any atom is 0.347 e. The van der Waals surface area contributed by atoms with Gasteiger partial charge in [0.15, 0.2) is 5.13 Å². The highest BCUT2D eigenvalue weighted by atomic mass is 32.1. The first-order valence-electron chi connectivity index (χ1n) is 5.61. The van der Waals surface area contributed by atoms with E-state index in [1.807, 2.05) is 7.05 Å². The van der Waals surface area contributed by atoms with Crippen molar-refractivity contribution in [3.05, 3.63) is 10.6 Å². The normalized spacial score (nSPS) is 17.1. The Morgan fingerprint density at radius 2 is 2.18 bits per heavy atom. The fourth-order valence-electron chi connectivity index (χ4n) is 1.96. The van der Waals surface area contributed by atoms with Gasteiger partial charge in [0, 0.05) is 26.3 Å². The van der Waals surface area contributed by atoms with Gasteiger partial charge in [0.05, 0.1) is 5.69 Å². The Balaban J connectivity index is 2.15. The molecule has 17 heavy (non-hydrogen) atoms. The van der Waals surface area contributed by atoms with Crippen molar-refractivity contribution >= 4 is 22.4 Å². The van der Waals surface area contributed by atoms with Gasteiger partial charge in [0.1, 0.15) is 4.88 Å². The van der Waals surface area contributed by atoms with Gasteiger partial charge in [-0.05, 0) is 19.8 Å². The summed E-state index contributed by atoms with van der Waals surface area (Å²) in [6, 6.07) is 0.399. The number of hydrogen-bond donors (Lipinski definition) is 1. The first-order valence-corrected chi connectivity index (χ1v) is 6.42. The number of carboxylic acids is 1. The maximum atomic E-state index is 11.0. The van der Waals surface area contributed by atoms with Crippen molar-refractivity contribution in [3.63, 3.8) is 0 Å². The second kappa shape index (κ2) is 5.01. The maximum absolute atomic E-state index is 11.0. The SMILES string of the molecule is Cc1nc(N(C)C2CCOCC2)sc1C(=O)O. The number of ether oxygens (including phenoxy) is 1. The van der Waals surface area contributed by atoms with Crippen LogP contribution in [0.4, 0.5) is 5.13 Å². The summed E-state index contributed by atoms with van der Waals surface area (Å²) in [6.07, 6.45) is 1.94. The molecule has 5 nitrogen and oxygen atoms in total. The predicted molar refractivity (Wildman–Crippen MR) is 66.1 cm³/mol. The first kappa shape index (κ1) is 12.3. The lowest BCUT2D eigenvalue weighted by molar-refractivity contribution is 0.0701. The highest BCUT2D eigenvalue weighted by Crippen LogP contribution is 2.28. The van der Waals surface area contributed by atoms with E-state index >= 15 is 0 Å². The zero-order valence-corrected chi connectivity index (χ0v) is 10.8. The van der Waals surface area contributed by atoms with E-state index in [-0.39, 0.29) is 0 Å². The number of carboxylic acid groups (broad SMARTS) is 1. The summed E-state index contributed by atoms with van der Waals surface area (Å²) >= 11 is 1.24. The summed E-state index contributed by atoms with van der Waals surface area (Å²) in [7, 11) is 1.97. The Morgan fingerprint density at radius 3 is 2.71 bits per heavy atom. The van der Waals surface area contributed by atoms with Crippen LogP contribution in [-0.4, -0.2) is 42.4 Å².